The number of hydrogen-bond acceptors (Lipinski definition) is 2. The molecule has 3 heteroatoms. The smallest absolute Gasteiger partial charge is 0.140 e. The number of fused-ring (bicyclic) bond motifs is 10. The summed E-state index contributed by atoms with van der Waals surface area (Å²) in [7, 11) is 0. The van der Waals surface area contributed by atoms with E-state index in [0.717, 1.165) is 50.3 Å². The lowest BCUT2D eigenvalue weighted by Gasteiger charge is -2.46. The van der Waals surface area contributed by atoms with E-state index in [2.05, 4.69) is 216 Å². The van der Waals surface area contributed by atoms with Crippen LogP contribution in [0.15, 0.2) is 211 Å². The van der Waals surface area contributed by atoms with Gasteiger partial charge in [0.2, 0.25) is 0 Å². The molecule has 0 bridgehead atoms. The Morgan fingerprint density at radius 3 is 1.75 bits per heavy atom. The number of nitrogens with zero attached hydrogens (tertiary/aromatic N) is 2. The molecule has 9 aromatic carbocycles. The number of benzene rings is 9. The molecule has 0 N–H and O–H groups in total. The summed E-state index contributed by atoms with van der Waals surface area (Å²) >= 11 is 0. The van der Waals surface area contributed by atoms with Crippen molar-refractivity contribution in [2.75, 3.05) is 4.90 Å². The molecule has 11 aromatic rings. The van der Waals surface area contributed by atoms with Crippen LogP contribution in [-0.4, -0.2) is 4.57 Å². The number of rotatable bonds is 4. The second-order valence-electron chi connectivity index (χ2n) is 14.8. The second kappa shape index (κ2) is 11.8. The highest BCUT2D eigenvalue weighted by Crippen LogP contribution is 2.59. The fourth-order valence-corrected chi connectivity index (χ4v) is 9.78. The Morgan fingerprint density at radius 2 is 0.982 bits per heavy atom. The summed E-state index contributed by atoms with van der Waals surface area (Å²) < 4.78 is 9.45. The first-order valence-corrected chi connectivity index (χ1v) is 19.3. The zero-order valence-corrected chi connectivity index (χ0v) is 30.4. The Balaban J connectivity index is 1.20. The molecule has 0 saturated carbocycles. The number of furan rings is 1. The van der Waals surface area contributed by atoms with Crippen molar-refractivity contribution < 1.29 is 4.42 Å². The Kier molecular flexibility index (Phi) is 6.55. The lowest BCUT2D eigenvalue weighted by molar-refractivity contribution is 0.644. The quantitative estimate of drug-likeness (QED) is 0.181. The van der Waals surface area contributed by atoms with E-state index in [0.29, 0.717) is 0 Å². The minimum atomic E-state index is -0.718. The second-order valence-corrected chi connectivity index (χ2v) is 14.8. The largest absolute Gasteiger partial charge is 0.456 e. The summed E-state index contributed by atoms with van der Waals surface area (Å²) in [6, 6.07) is 75.0. The summed E-state index contributed by atoms with van der Waals surface area (Å²) in [6.45, 7) is 0. The normalized spacial score (nSPS) is 13.5. The first-order chi connectivity index (χ1) is 27.8. The highest BCUT2D eigenvalue weighted by molar-refractivity contribution is 6.20. The summed E-state index contributed by atoms with van der Waals surface area (Å²) in [6.07, 6.45) is 0. The maximum absolute atomic E-state index is 7.05. The molecule has 1 aliphatic rings. The highest BCUT2D eigenvalue weighted by Gasteiger charge is 2.48. The third-order valence-electron chi connectivity index (χ3n) is 12.0. The number of anilines is 3. The molecule has 262 valence electrons. The molecule has 0 fully saturated rings. The van der Waals surface area contributed by atoms with Gasteiger partial charge in [0.05, 0.1) is 27.8 Å². The van der Waals surface area contributed by atoms with Crippen LogP contribution in [-0.2, 0) is 5.41 Å². The van der Waals surface area contributed by atoms with E-state index in [4.69, 9.17) is 4.42 Å². The molecule has 0 radical (unpaired) electrons. The molecule has 0 spiro atoms. The predicted octanol–water partition coefficient (Wildman–Crippen LogP) is 14.0. The standard InChI is InChI=1S/C53H34N2O/c1-3-18-36(19-4-1)53(45-33-35-17-7-8-22-39(35)51-42-24-10-16-30-50(42)56-52(45)51)43-25-11-14-28-47(43)55(48-29-15-12-26-44(48)53)38-31-32-41-40-23-9-13-27-46(40)54(49(41)34-38)37-20-5-2-6-21-37/h1-34H. The molecule has 0 aliphatic carbocycles. The van der Waals surface area contributed by atoms with Crippen molar-refractivity contribution in [2.45, 2.75) is 5.41 Å². The van der Waals surface area contributed by atoms with Gasteiger partial charge in [0.25, 0.3) is 0 Å². The average molecular weight is 715 g/mol. The van der Waals surface area contributed by atoms with Crippen LogP contribution in [0.1, 0.15) is 22.3 Å². The van der Waals surface area contributed by atoms with Crippen LogP contribution in [0.4, 0.5) is 17.1 Å². The fraction of sp³-hybridized carbons (Fsp3) is 0.0189. The van der Waals surface area contributed by atoms with Crippen LogP contribution in [0.5, 0.6) is 0 Å². The van der Waals surface area contributed by atoms with E-state index in [1.807, 2.05) is 0 Å². The van der Waals surface area contributed by atoms with E-state index in [1.165, 1.54) is 49.3 Å². The average Bonchev–Trinajstić information content (AvgIpc) is 3.82. The molecule has 3 heterocycles. The fourth-order valence-electron chi connectivity index (χ4n) is 9.78. The molecular weight excluding hydrogens is 681 g/mol. The minimum Gasteiger partial charge on any atom is -0.456 e. The SMILES string of the molecule is c1ccc(-n2c3ccccc3c3ccc(N4c5ccccc5C(c5ccccc5)(c5cc6ccccc6c6c5oc5ccccc56)c5ccccc54)cc32)cc1. The van der Waals surface area contributed by atoms with E-state index in [-0.39, 0.29) is 0 Å². The van der Waals surface area contributed by atoms with E-state index >= 15 is 0 Å². The number of aromatic nitrogens is 1. The van der Waals surface area contributed by atoms with Gasteiger partial charge in [-0.05, 0) is 82.1 Å². The van der Waals surface area contributed by atoms with Crippen LogP contribution in [0.25, 0.3) is 60.2 Å². The number of hydrogen-bond donors (Lipinski definition) is 0. The third kappa shape index (κ3) is 4.17. The first kappa shape index (κ1) is 31.0. The lowest BCUT2D eigenvalue weighted by Crippen LogP contribution is -2.37. The molecule has 0 amide bonds. The van der Waals surface area contributed by atoms with Crippen molar-refractivity contribution in [1.29, 1.82) is 0 Å². The topological polar surface area (TPSA) is 21.3 Å². The minimum absolute atomic E-state index is 0.718. The molecule has 56 heavy (non-hydrogen) atoms. The van der Waals surface area contributed by atoms with Crippen molar-refractivity contribution >= 4 is 71.6 Å². The highest BCUT2D eigenvalue weighted by atomic mass is 16.3. The van der Waals surface area contributed by atoms with Crippen LogP contribution in [0.2, 0.25) is 0 Å². The van der Waals surface area contributed by atoms with Crippen molar-refractivity contribution in [3.05, 3.63) is 229 Å². The molecule has 0 unspecified atom stereocenters. The lowest BCUT2D eigenvalue weighted by atomic mass is 9.62. The number of para-hydroxylation sites is 5. The Labute approximate surface area is 323 Å². The van der Waals surface area contributed by atoms with Crippen molar-refractivity contribution in [3.8, 4) is 5.69 Å². The van der Waals surface area contributed by atoms with E-state index in [9.17, 15) is 0 Å². The summed E-state index contributed by atoms with van der Waals surface area (Å²) in [5, 5.41) is 7.14. The van der Waals surface area contributed by atoms with Gasteiger partial charge in [0.15, 0.2) is 0 Å². The van der Waals surface area contributed by atoms with Gasteiger partial charge in [0.1, 0.15) is 11.2 Å². The molecule has 0 atom stereocenters. The molecule has 1 aliphatic heterocycles. The zero-order chi connectivity index (χ0) is 36.8. The van der Waals surface area contributed by atoms with Gasteiger partial charge in [0, 0.05) is 38.5 Å². The van der Waals surface area contributed by atoms with Gasteiger partial charge in [-0.1, -0.05) is 152 Å². The van der Waals surface area contributed by atoms with Crippen molar-refractivity contribution in [2.24, 2.45) is 0 Å². The van der Waals surface area contributed by atoms with Gasteiger partial charge >= 0.3 is 0 Å². The molecule has 3 nitrogen and oxygen atoms in total. The van der Waals surface area contributed by atoms with Crippen LogP contribution in [0, 0.1) is 0 Å². The Bertz CT molecular complexity index is 3270. The molecule has 12 rings (SSSR count). The van der Waals surface area contributed by atoms with Gasteiger partial charge in [-0.15, -0.1) is 0 Å². The maximum atomic E-state index is 7.05. The van der Waals surface area contributed by atoms with Gasteiger partial charge < -0.3 is 13.9 Å². The van der Waals surface area contributed by atoms with E-state index < -0.39 is 5.41 Å². The maximum Gasteiger partial charge on any atom is 0.140 e. The summed E-state index contributed by atoms with van der Waals surface area (Å²) in [4.78, 5) is 2.47. The molecular formula is C53H34N2O. The third-order valence-corrected chi connectivity index (χ3v) is 12.0. The van der Waals surface area contributed by atoms with Crippen LogP contribution >= 0.6 is 0 Å². The van der Waals surface area contributed by atoms with Crippen molar-refractivity contribution in [3.63, 3.8) is 0 Å². The van der Waals surface area contributed by atoms with Gasteiger partial charge in [-0.3, -0.25) is 0 Å². The predicted molar refractivity (Wildman–Crippen MR) is 232 cm³/mol. The Morgan fingerprint density at radius 1 is 0.393 bits per heavy atom. The van der Waals surface area contributed by atoms with Crippen LogP contribution < -0.4 is 4.90 Å². The molecule has 2 aromatic heterocycles. The van der Waals surface area contributed by atoms with Crippen molar-refractivity contribution in [1.82, 2.24) is 4.57 Å². The van der Waals surface area contributed by atoms with E-state index in [1.54, 1.807) is 0 Å². The van der Waals surface area contributed by atoms with Gasteiger partial charge in [-0.2, -0.15) is 0 Å². The monoisotopic (exact) mass is 714 g/mol. The Hall–Kier alpha value is -7.36. The van der Waals surface area contributed by atoms with Crippen LogP contribution in [0.3, 0.4) is 0 Å². The first-order valence-electron chi connectivity index (χ1n) is 19.3. The summed E-state index contributed by atoms with van der Waals surface area (Å²) in [5.74, 6) is 0. The summed E-state index contributed by atoms with van der Waals surface area (Å²) in [5.41, 5.74) is 12.7. The molecule has 0 saturated heterocycles. The van der Waals surface area contributed by atoms with Gasteiger partial charge in [-0.25, -0.2) is 0 Å². The zero-order valence-electron chi connectivity index (χ0n) is 30.4.